The summed E-state index contributed by atoms with van der Waals surface area (Å²) in [6.07, 6.45) is 78.2. The van der Waals surface area contributed by atoms with Crippen LogP contribution in [0.25, 0.3) is 0 Å². The van der Waals surface area contributed by atoms with Gasteiger partial charge in [-0.1, -0.05) is 348 Å². The van der Waals surface area contributed by atoms with Crippen LogP contribution in [0.3, 0.4) is 0 Å². The number of esters is 3. The van der Waals surface area contributed by atoms with E-state index >= 15 is 0 Å². The summed E-state index contributed by atoms with van der Waals surface area (Å²) in [4.78, 5) is 38.3. The number of allylic oxidation sites excluding steroid dienone is 2. The molecule has 450 valence electrons. The van der Waals surface area contributed by atoms with E-state index in [1.54, 1.807) is 0 Å². The highest BCUT2D eigenvalue weighted by Gasteiger charge is 2.19. The van der Waals surface area contributed by atoms with Crippen molar-refractivity contribution >= 4 is 17.9 Å². The maximum atomic E-state index is 12.9. The van der Waals surface area contributed by atoms with Gasteiger partial charge < -0.3 is 14.2 Å². The van der Waals surface area contributed by atoms with E-state index in [-0.39, 0.29) is 31.1 Å². The van der Waals surface area contributed by atoms with Crippen LogP contribution < -0.4 is 0 Å². The molecule has 0 N–H and O–H groups in total. The summed E-state index contributed by atoms with van der Waals surface area (Å²) in [5.41, 5.74) is 0. The Labute approximate surface area is 475 Å². The molecule has 1 unspecified atom stereocenters. The van der Waals surface area contributed by atoms with Crippen molar-refractivity contribution in [3.63, 3.8) is 0 Å². The number of carbonyl (C=O) groups excluding carboxylic acids is 3. The van der Waals surface area contributed by atoms with Crippen molar-refractivity contribution in [3.8, 4) is 0 Å². The third kappa shape index (κ3) is 63.0. The van der Waals surface area contributed by atoms with Gasteiger partial charge in [-0.05, 0) is 44.9 Å². The molecular formula is C70H134O6. The van der Waals surface area contributed by atoms with Crippen molar-refractivity contribution in [1.82, 2.24) is 0 Å². The van der Waals surface area contributed by atoms with Gasteiger partial charge in [0.1, 0.15) is 13.2 Å². The highest BCUT2D eigenvalue weighted by atomic mass is 16.6. The van der Waals surface area contributed by atoms with Gasteiger partial charge in [0.05, 0.1) is 0 Å². The summed E-state index contributed by atoms with van der Waals surface area (Å²) in [5.74, 6) is -0.838. The molecule has 0 aliphatic heterocycles. The molecule has 6 heteroatoms. The minimum absolute atomic E-state index is 0.0652. The molecule has 0 aliphatic carbocycles. The Hall–Kier alpha value is -1.85. The van der Waals surface area contributed by atoms with E-state index < -0.39 is 6.10 Å². The topological polar surface area (TPSA) is 78.9 Å². The van der Waals surface area contributed by atoms with Gasteiger partial charge in [0.25, 0.3) is 0 Å². The first kappa shape index (κ1) is 74.2. The second-order valence-corrected chi connectivity index (χ2v) is 23.8. The van der Waals surface area contributed by atoms with Gasteiger partial charge in [-0.3, -0.25) is 14.4 Å². The van der Waals surface area contributed by atoms with Gasteiger partial charge in [-0.25, -0.2) is 0 Å². The fraction of sp³-hybridized carbons (Fsp3) is 0.929. The Balaban J connectivity index is 4.12. The Kier molecular flexibility index (Phi) is 64.1. The van der Waals surface area contributed by atoms with Crippen LogP contribution in [0.5, 0.6) is 0 Å². The molecular weight excluding hydrogens is 937 g/mol. The first-order valence-corrected chi connectivity index (χ1v) is 34.7. The molecule has 0 aromatic carbocycles. The minimum atomic E-state index is -0.768. The highest BCUT2D eigenvalue weighted by molar-refractivity contribution is 5.71. The maximum absolute atomic E-state index is 12.9. The highest BCUT2D eigenvalue weighted by Crippen LogP contribution is 2.19. The SMILES string of the molecule is CCCCCCCC/C=C\CCCCCCCCCC(=O)OC(COC(=O)CCCCCCCCCCCCCC)COC(=O)CCCCCCCCCCCCCCCCCCCCCCCCCCCCCCC. The molecule has 0 rings (SSSR count). The molecule has 0 saturated heterocycles. The first-order valence-electron chi connectivity index (χ1n) is 34.7. The molecule has 0 aromatic heterocycles. The van der Waals surface area contributed by atoms with Crippen LogP contribution in [0.2, 0.25) is 0 Å². The largest absolute Gasteiger partial charge is 0.462 e. The van der Waals surface area contributed by atoms with E-state index in [9.17, 15) is 14.4 Å². The monoisotopic (exact) mass is 1070 g/mol. The third-order valence-corrected chi connectivity index (χ3v) is 16.0. The standard InChI is InChI=1S/C70H134O6/c1-4-7-10-13-16-19-22-25-27-29-30-31-32-33-34-35-36-37-38-39-40-42-43-45-48-51-54-57-60-63-69(72)75-66-67(65-74-68(71)62-59-56-53-50-47-24-21-18-15-12-9-6-3)76-70(73)64-61-58-55-52-49-46-44-41-28-26-23-20-17-14-11-8-5-2/h26,28,67H,4-25,27,29-66H2,1-3H3/b28-26-. The molecule has 0 radical (unpaired) electrons. The Morgan fingerprint density at radius 2 is 0.434 bits per heavy atom. The first-order chi connectivity index (χ1) is 37.5. The molecule has 1 atom stereocenters. The molecule has 0 bridgehead atoms. The number of rotatable bonds is 65. The Morgan fingerprint density at radius 1 is 0.250 bits per heavy atom. The average molecular weight is 1070 g/mol. The van der Waals surface area contributed by atoms with Crippen molar-refractivity contribution in [1.29, 1.82) is 0 Å². The van der Waals surface area contributed by atoms with E-state index in [2.05, 4.69) is 32.9 Å². The zero-order valence-corrected chi connectivity index (χ0v) is 51.8. The van der Waals surface area contributed by atoms with Crippen LogP contribution in [0, 0.1) is 0 Å². The van der Waals surface area contributed by atoms with Crippen molar-refractivity contribution in [3.05, 3.63) is 12.2 Å². The van der Waals surface area contributed by atoms with Crippen molar-refractivity contribution in [2.75, 3.05) is 13.2 Å². The smallest absolute Gasteiger partial charge is 0.306 e. The van der Waals surface area contributed by atoms with E-state index in [1.807, 2.05) is 0 Å². The zero-order valence-electron chi connectivity index (χ0n) is 51.8. The molecule has 0 heterocycles. The molecule has 0 saturated carbocycles. The quantitative estimate of drug-likeness (QED) is 0.0261. The van der Waals surface area contributed by atoms with Crippen LogP contribution in [0.15, 0.2) is 12.2 Å². The van der Waals surface area contributed by atoms with E-state index in [1.165, 1.54) is 302 Å². The molecule has 0 aliphatic rings. The summed E-state index contributed by atoms with van der Waals surface area (Å²) in [7, 11) is 0. The number of hydrogen-bond donors (Lipinski definition) is 0. The Morgan fingerprint density at radius 3 is 0.658 bits per heavy atom. The molecule has 0 spiro atoms. The van der Waals surface area contributed by atoms with E-state index in [4.69, 9.17) is 14.2 Å². The zero-order chi connectivity index (χ0) is 55.0. The summed E-state index contributed by atoms with van der Waals surface area (Å²) in [6, 6.07) is 0. The minimum Gasteiger partial charge on any atom is -0.462 e. The molecule has 0 aromatic rings. The van der Waals surface area contributed by atoms with Crippen LogP contribution >= 0.6 is 0 Å². The number of unbranched alkanes of at least 4 members (excludes halogenated alkanes) is 52. The number of ether oxygens (including phenoxy) is 3. The third-order valence-electron chi connectivity index (χ3n) is 16.0. The normalized spacial score (nSPS) is 12.0. The summed E-state index contributed by atoms with van der Waals surface area (Å²) >= 11 is 0. The molecule has 0 fully saturated rings. The second-order valence-electron chi connectivity index (χ2n) is 23.8. The lowest BCUT2D eigenvalue weighted by Crippen LogP contribution is -2.30. The van der Waals surface area contributed by atoms with Crippen molar-refractivity contribution in [2.45, 2.75) is 406 Å². The maximum Gasteiger partial charge on any atom is 0.306 e. The van der Waals surface area contributed by atoms with E-state index in [0.717, 1.165) is 57.8 Å². The van der Waals surface area contributed by atoms with Crippen LogP contribution in [0.1, 0.15) is 400 Å². The van der Waals surface area contributed by atoms with Gasteiger partial charge in [0.15, 0.2) is 6.10 Å². The predicted octanol–water partition coefficient (Wildman–Crippen LogP) is 23.6. The van der Waals surface area contributed by atoms with Crippen LogP contribution in [-0.2, 0) is 28.6 Å². The Bertz CT molecular complexity index is 1180. The van der Waals surface area contributed by atoms with Gasteiger partial charge in [0, 0.05) is 19.3 Å². The molecule has 6 nitrogen and oxygen atoms in total. The summed E-state index contributed by atoms with van der Waals surface area (Å²) in [5, 5.41) is 0. The van der Waals surface area contributed by atoms with Crippen LogP contribution in [-0.4, -0.2) is 37.2 Å². The number of carbonyl (C=O) groups is 3. The summed E-state index contributed by atoms with van der Waals surface area (Å²) < 4.78 is 17.0. The molecule has 0 amide bonds. The average Bonchev–Trinajstić information content (AvgIpc) is 3.42. The van der Waals surface area contributed by atoms with Crippen molar-refractivity contribution in [2.24, 2.45) is 0 Å². The lowest BCUT2D eigenvalue weighted by molar-refractivity contribution is -0.167. The van der Waals surface area contributed by atoms with Gasteiger partial charge in [0.2, 0.25) is 0 Å². The van der Waals surface area contributed by atoms with Crippen LogP contribution in [0.4, 0.5) is 0 Å². The van der Waals surface area contributed by atoms with Crippen molar-refractivity contribution < 1.29 is 28.6 Å². The van der Waals surface area contributed by atoms with Gasteiger partial charge in [-0.15, -0.1) is 0 Å². The molecule has 76 heavy (non-hydrogen) atoms. The van der Waals surface area contributed by atoms with Gasteiger partial charge in [-0.2, -0.15) is 0 Å². The lowest BCUT2D eigenvalue weighted by Gasteiger charge is -2.18. The van der Waals surface area contributed by atoms with E-state index in [0.29, 0.717) is 19.3 Å². The number of hydrogen-bond acceptors (Lipinski definition) is 6. The second kappa shape index (κ2) is 65.7. The fourth-order valence-electron chi connectivity index (χ4n) is 10.8. The van der Waals surface area contributed by atoms with Gasteiger partial charge >= 0.3 is 17.9 Å². The predicted molar refractivity (Wildman–Crippen MR) is 330 cm³/mol. The lowest BCUT2D eigenvalue weighted by atomic mass is 10.0. The fourth-order valence-corrected chi connectivity index (χ4v) is 10.8. The summed E-state index contributed by atoms with van der Waals surface area (Å²) in [6.45, 7) is 6.71.